The number of nitrogens with one attached hydrogen (secondary N) is 2. The molecule has 0 unspecified atom stereocenters. The van der Waals surface area contributed by atoms with Crippen LogP contribution in [0.4, 0.5) is 0 Å². The van der Waals surface area contributed by atoms with Gasteiger partial charge in [0.15, 0.2) is 5.96 Å². The molecular weight excluding hydrogens is 405 g/mol. The third kappa shape index (κ3) is 8.03. The van der Waals surface area contributed by atoms with E-state index < -0.39 is 0 Å². The van der Waals surface area contributed by atoms with E-state index in [1.165, 1.54) is 19.5 Å². The SMILES string of the molecule is CCNC(=NCc1ccco1)NCCN1CCCN(C)CC1.I. The summed E-state index contributed by atoms with van der Waals surface area (Å²) in [4.78, 5) is 9.47. The fraction of sp³-hybridized carbons (Fsp3) is 0.688. The second-order valence-electron chi connectivity index (χ2n) is 5.70. The average Bonchev–Trinajstić information content (AvgIpc) is 2.95. The molecule has 7 heteroatoms. The Kier molecular flexibility index (Phi) is 10.3. The summed E-state index contributed by atoms with van der Waals surface area (Å²) >= 11 is 0. The van der Waals surface area contributed by atoms with E-state index in [1.807, 2.05) is 12.1 Å². The summed E-state index contributed by atoms with van der Waals surface area (Å²) in [7, 11) is 2.20. The highest BCUT2D eigenvalue weighted by atomic mass is 127. The minimum atomic E-state index is 0. The van der Waals surface area contributed by atoms with Crippen molar-refractivity contribution in [3.63, 3.8) is 0 Å². The molecule has 1 saturated heterocycles. The zero-order valence-electron chi connectivity index (χ0n) is 14.3. The number of rotatable bonds is 6. The molecule has 1 fully saturated rings. The van der Waals surface area contributed by atoms with Crippen LogP contribution in [0.1, 0.15) is 19.1 Å². The number of aliphatic imine (C=N–C) groups is 1. The highest BCUT2D eigenvalue weighted by Crippen LogP contribution is 2.01. The maximum absolute atomic E-state index is 5.31. The lowest BCUT2D eigenvalue weighted by atomic mass is 10.4. The molecule has 0 radical (unpaired) electrons. The van der Waals surface area contributed by atoms with Crippen molar-refractivity contribution in [1.29, 1.82) is 0 Å². The average molecular weight is 435 g/mol. The summed E-state index contributed by atoms with van der Waals surface area (Å²) in [5.74, 6) is 1.73. The maximum atomic E-state index is 5.31. The third-order valence-corrected chi connectivity index (χ3v) is 3.85. The van der Waals surface area contributed by atoms with Crippen molar-refractivity contribution in [1.82, 2.24) is 20.4 Å². The van der Waals surface area contributed by atoms with Gasteiger partial charge in [-0.15, -0.1) is 24.0 Å². The molecule has 1 aliphatic rings. The van der Waals surface area contributed by atoms with Crippen LogP contribution in [0.25, 0.3) is 0 Å². The molecule has 0 atom stereocenters. The predicted octanol–water partition coefficient (Wildman–Crippen LogP) is 1.59. The van der Waals surface area contributed by atoms with Crippen LogP contribution in [-0.2, 0) is 6.54 Å². The van der Waals surface area contributed by atoms with Gasteiger partial charge >= 0.3 is 0 Å². The van der Waals surface area contributed by atoms with Crippen LogP contribution >= 0.6 is 24.0 Å². The Hall–Kier alpha value is -0.800. The van der Waals surface area contributed by atoms with Gasteiger partial charge in [0, 0.05) is 32.7 Å². The van der Waals surface area contributed by atoms with Gasteiger partial charge in [-0.3, -0.25) is 0 Å². The van der Waals surface area contributed by atoms with Crippen molar-refractivity contribution < 1.29 is 4.42 Å². The molecule has 23 heavy (non-hydrogen) atoms. The maximum Gasteiger partial charge on any atom is 0.191 e. The molecule has 0 amide bonds. The van der Waals surface area contributed by atoms with Crippen molar-refractivity contribution >= 4 is 29.9 Å². The van der Waals surface area contributed by atoms with Crippen LogP contribution in [0, 0.1) is 0 Å². The Morgan fingerprint density at radius 2 is 2.13 bits per heavy atom. The normalized spacial score (nSPS) is 17.4. The van der Waals surface area contributed by atoms with Crippen molar-refractivity contribution in [3.8, 4) is 0 Å². The second-order valence-corrected chi connectivity index (χ2v) is 5.70. The molecule has 0 aromatic carbocycles. The number of guanidine groups is 1. The van der Waals surface area contributed by atoms with Gasteiger partial charge in [0.2, 0.25) is 0 Å². The van der Waals surface area contributed by atoms with Crippen molar-refractivity contribution in [2.75, 3.05) is 52.9 Å². The lowest BCUT2D eigenvalue weighted by molar-refractivity contribution is 0.280. The number of nitrogens with zero attached hydrogens (tertiary/aromatic N) is 3. The van der Waals surface area contributed by atoms with E-state index in [2.05, 4.69) is 39.4 Å². The van der Waals surface area contributed by atoms with Crippen molar-refractivity contribution in [2.24, 2.45) is 4.99 Å². The molecule has 1 aliphatic heterocycles. The minimum Gasteiger partial charge on any atom is -0.467 e. The summed E-state index contributed by atoms with van der Waals surface area (Å²) in [5, 5.41) is 6.68. The lowest BCUT2D eigenvalue weighted by Gasteiger charge is -2.21. The molecular formula is C16H30IN5O. The second kappa shape index (κ2) is 11.7. The molecule has 1 aromatic heterocycles. The summed E-state index contributed by atoms with van der Waals surface area (Å²) in [6.07, 6.45) is 2.94. The molecule has 2 rings (SSSR count). The minimum absolute atomic E-state index is 0. The van der Waals surface area contributed by atoms with Crippen LogP contribution in [-0.4, -0.2) is 68.6 Å². The van der Waals surface area contributed by atoms with Gasteiger partial charge in [-0.25, -0.2) is 4.99 Å². The number of furan rings is 1. The Labute approximate surface area is 156 Å². The molecule has 132 valence electrons. The number of halogens is 1. The molecule has 0 saturated carbocycles. The van der Waals surface area contributed by atoms with Gasteiger partial charge in [0.25, 0.3) is 0 Å². The van der Waals surface area contributed by atoms with Crippen LogP contribution < -0.4 is 10.6 Å². The van der Waals surface area contributed by atoms with E-state index in [-0.39, 0.29) is 24.0 Å². The van der Waals surface area contributed by atoms with E-state index in [4.69, 9.17) is 4.42 Å². The summed E-state index contributed by atoms with van der Waals surface area (Å²) in [5.41, 5.74) is 0. The fourth-order valence-corrected chi connectivity index (χ4v) is 2.56. The molecule has 0 aliphatic carbocycles. The van der Waals surface area contributed by atoms with Crippen LogP contribution in [0.15, 0.2) is 27.8 Å². The van der Waals surface area contributed by atoms with E-state index in [0.717, 1.165) is 44.4 Å². The number of likely N-dealkylation sites (N-methyl/N-ethyl adjacent to an activating group) is 1. The summed E-state index contributed by atoms with van der Waals surface area (Å²) in [6, 6.07) is 3.84. The Bertz CT molecular complexity index is 438. The van der Waals surface area contributed by atoms with Crippen molar-refractivity contribution in [3.05, 3.63) is 24.2 Å². The standard InChI is InChI=1S/C16H29N5O.HI/c1-3-17-16(19-14-15-6-4-13-22-15)18-7-10-21-9-5-8-20(2)11-12-21;/h4,6,13H,3,5,7-12,14H2,1-2H3,(H2,17,18,19);1H. The highest BCUT2D eigenvalue weighted by Gasteiger charge is 2.11. The fourth-order valence-electron chi connectivity index (χ4n) is 2.56. The summed E-state index contributed by atoms with van der Waals surface area (Å²) < 4.78 is 5.31. The topological polar surface area (TPSA) is 56.0 Å². The molecule has 0 spiro atoms. The zero-order chi connectivity index (χ0) is 15.6. The molecule has 6 nitrogen and oxygen atoms in total. The Morgan fingerprint density at radius 3 is 2.87 bits per heavy atom. The Morgan fingerprint density at radius 1 is 1.26 bits per heavy atom. The zero-order valence-corrected chi connectivity index (χ0v) is 16.6. The van der Waals surface area contributed by atoms with Crippen LogP contribution in [0.2, 0.25) is 0 Å². The molecule has 2 heterocycles. The van der Waals surface area contributed by atoms with Crippen LogP contribution in [0.5, 0.6) is 0 Å². The summed E-state index contributed by atoms with van der Waals surface area (Å²) in [6.45, 7) is 10.2. The van der Waals surface area contributed by atoms with E-state index in [0.29, 0.717) is 6.54 Å². The van der Waals surface area contributed by atoms with Gasteiger partial charge < -0.3 is 24.9 Å². The number of hydrogen-bond acceptors (Lipinski definition) is 4. The largest absolute Gasteiger partial charge is 0.467 e. The molecule has 2 N–H and O–H groups in total. The predicted molar refractivity (Wildman–Crippen MR) is 105 cm³/mol. The van der Waals surface area contributed by atoms with Crippen LogP contribution in [0.3, 0.4) is 0 Å². The molecule has 1 aromatic rings. The molecule has 0 bridgehead atoms. The van der Waals surface area contributed by atoms with E-state index >= 15 is 0 Å². The van der Waals surface area contributed by atoms with E-state index in [9.17, 15) is 0 Å². The number of hydrogen-bond donors (Lipinski definition) is 2. The van der Waals surface area contributed by atoms with Gasteiger partial charge in [0.05, 0.1) is 6.26 Å². The van der Waals surface area contributed by atoms with Gasteiger partial charge in [-0.05, 0) is 45.6 Å². The smallest absolute Gasteiger partial charge is 0.191 e. The highest BCUT2D eigenvalue weighted by molar-refractivity contribution is 14.0. The first kappa shape index (κ1) is 20.2. The van der Waals surface area contributed by atoms with Gasteiger partial charge in [-0.1, -0.05) is 0 Å². The van der Waals surface area contributed by atoms with Gasteiger partial charge in [-0.2, -0.15) is 0 Å². The van der Waals surface area contributed by atoms with E-state index in [1.54, 1.807) is 6.26 Å². The lowest BCUT2D eigenvalue weighted by Crippen LogP contribution is -2.42. The Balaban J connectivity index is 0.00000264. The first-order valence-electron chi connectivity index (χ1n) is 8.23. The van der Waals surface area contributed by atoms with Gasteiger partial charge in [0.1, 0.15) is 12.3 Å². The first-order chi connectivity index (χ1) is 10.8. The first-order valence-corrected chi connectivity index (χ1v) is 8.23. The monoisotopic (exact) mass is 435 g/mol. The third-order valence-electron chi connectivity index (χ3n) is 3.85. The van der Waals surface area contributed by atoms with Crippen molar-refractivity contribution in [2.45, 2.75) is 19.9 Å². The quantitative estimate of drug-likeness (QED) is 0.404.